The van der Waals surface area contributed by atoms with Crippen molar-refractivity contribution >= 4 is 21.3 Å². The highest BCUT2D eigenvalue weighted by atomic mass is 32.2. The van der Waals surface area contributed by atoms with Crippen LogP contribution in [-0.2, 0) is 46.7 Å². The lowest BCUT2D eigenvalue weighted by atomic mass is 9.98. The molecule has 0 spiro atoms. The number of rotatable bonds is 7. The molecule has 44 heavy (non-hydrogen) atoms. The van der Waals surface area contributed by atoms with Crippen molar-refractivity contribution in [3.8, 4) is 0 Å². The van der Waals surface area contributed by atoms with Gasteiger partial charge in [0.15, 0.2) is 5.03 Å². The number of fused-ring (bicyclic) bond motifs is 2. The summed E-state index contributed by atoms with van der Waals surface area (Å²) < 4.78 is 70.7. The first-order chi connectivity index (χ1) is 21.0. The lowest BCUT2D eigenvalue weighted by Gasteiger charge is -2.34. The standard InChI is InChI=1S/C31H33F3N6O3S/c1-2-37-12-14-38(15-13-37)19-24-6-5-22(16-27(24)31(32,33)34)17-29(41)39-11-9-23-7-8-26(18-25(23)20-39)44(42,43)30-28-4-3-10-40(28)36-21-35-30/h3-8,10,16,18,21H,2,9,11-15,17,19-20H2,1H3. The van der Waals surface area contributed by atoms with Crippen LogP contribution in [0.4, 0.5) is 13.2 Å². The van der Waals surface area contributed by atoms with Crippen molar-refractivity contribution in [1.29, 1.82) is 0 Å². The van der Waals surface area contributed by atoms with Crippen LogP contribution < -0.4 is 0 Å². The number of piperazine rings is 1. The normalized spacial score (nSPS) is 16.8. The average molecular weight is 627 g/mol. The fourth-order valence-electron chi connectivity index (χ4n) is 6.00. The number of halogens is 3. The third-order valence-corrected chi connectivity index (χ3v) is 10.2. The summed E-state index contributed by atoms with van der Waals surface area (Å²) in [4.78, 5) is 23.3. The van der Waals surface area contributed by atoms with Gasteiger partial charge in [0.05, 0.1) is 16.9 Å². The van der Waals surface area contributed by atoms with Crippen molar-refractivity contribution in [2.45, 2.75) is 49.0 Å². The number of sulfone groups is 1. The van der Waals surface area contributed by atoms with Crippen LogP contribution in [0.2, 0.25) is 0 Å². The molecule has 0 radical (unpaired) electrons. The highest BCUT2D eigenvalue weighted by molar-refractivity contribution is 7.91. The summed E-state index contributed by atoms with van der Waals surface area (Å²) in [7, 11) is -3.98. The number of hydrogen-bond donors (Lipinski definition) is 0. The van der Waals surface area contributed by atoms with Crippen LogP contribution in [0.25, 0.3) is 5.52 Å². The molecule has 1 saturated heterocycles. The molecule has 2 aromatic carbocycles. The third kappa shape index (κ3) is 6.08. The lowest BCUT2D eigenvalue weighted by Crippen LogP contribution is -2.45. The molecule has 2 aliphatic rings. The molecule has 0 bridgehead atoms. The number of nitrogens with zero attached hydrogens (tertiary/aromatic N) is 6. The van der Waals surface area contributed by atoms with E-state index in [4.69, 9.17) is 0 Å². The third-order valence-electron chi connectivity index (χ3n) is 8.55. The maximum absolute atomic E-state index is 14.1. The van der Waals surface area contributed by atoms with Crippen molar-refractivity contribution in [2.24, 2.45) is 0 Å². The minimum Gasteiger partial charge on any atom is -0.338 e. The van der Waals surface area contributed by atoms with Gasteiger partial charge in [-0.15, -0.1) is 0 Å². The largest absolute Gasteiger partial charge is 0.416 e. The molecule has 4 heterocycles. The number of amides is 1. The summed E-state index contributed by atoms with van der Waals surface area (Å²) in [6, 6.07) is 12.3. The second-order valence-corrected chi connectivity index (χ2v) is 13.1. The topological polar surface area (TPSA) is 91.1 Å². The van der Waals surface area contributed by atoms with Crippen molar-refractivity contribution < 1.29 is 26.4 Å². The van der Waals surface area contributed by atoms with E-state index in [-0.39, 0.29) is 40.9 Å². The average Bonchev–Trinajstić information content (AvgIpc) is 3.50. The number of carbonyl (C=O) groups is 1. The summed E-state index contributed by atoms with van der Waals surface area (Å²) in [5.74, 6) is -0.314. The Labute approximate surface area is 253 Å². The molecule has 4 aromatic rings. The summed E-state index contributed by atoms with van der Waals surface area (Å²) >= 11 is 0. The molecular formula is C31H33F3N6O3S. The van der Waals surface area contributed by atoms with Crippen LogP contribution in [0.15, 0.2) is 71.0 Å². The number of benzene rings is 2. The van der Waals surface area contributed by atoms with Gasteiger partial charge in [-0.2, -0.15) is 18.3 Å². The van der Waals surface area contributed by atoms with Crippen LogP contribution in [0.5, 0.6) is 0 Å². The van der Waals surface area contributed by atoms with E-state index < -0.39 is 21.6 Å². The molecule has 2 aromatic heterocycles. The molecule has 6 rings (SSSR count). The number of alkyl halides is 3. The molecule has 0 aliphatic carbocycles. The van der Waals surface area contributed by atoms with E-state index >= 15 is 0 Å². The van der Waals surface area contributed by atoms with E-state index in [2.05, 4.69) is 21.9 Å². The van der Waals surface area contributed by atoms with Gasteiger partial charge in [-0.05, 0) is 65.6 Å². The van der Waals surface area contributed by atoms with Gasteiger partial charge in [-0.25, -0.2) is 17.9 Å². The number of carbonyl (C=O) groups excluding carboxylic acids is 1. The molecule has 2 aliphatic heterocycles. The van der Waals surface area contributed by atoms with Gasteiger partial charge in [0.25, 0.3) is 0 Å². The minimum atomic E-state index is -4.54. The highest BCUT2D eigenvalue weighted by Crippen LogP contribution is 2.34. The fraction of sp³-hybridized carbons (Fsp3) is 0.387. The van der Waals surface area contributed by atoms with E-state index in [0.717, 1.165) is 31.3 Å². The first-order valence-corrected chi connectivity index (χ1v) is 16.1. The number of aromatic nitrogens is 3. The van der Waals surface area contributed by atoms with E-state index in [1.54, 1.807) is 41.4 Å². The van der Waals surface area contributed by atoms with Crippen LogP contribution in [0.1, 0.15) is 34.7 Å². The molecule has 1 fully saturated rings. The Kier molecular flexibility index (Phi) is 8.20. The zero-order valence-electron chi connectivity index (χ0n) is 24.3. The minimum absolute atomic E-state index is 0.0499. The van der Waals surface area contributed by atoms with Crippen LogP contribution >= 0.6 is 0 Å². The summed E-state index contributed by atoms with van der Waals surface area (Å²) in [6.45, 7) is 6.83. The Bertz CT molecular complexity index is 1800. The molecule has 0 unspecified atom stereocenters. The Morgan fingerprint density at radius 1 is 0.955 bits per heavy atom. The fourth-order valence-corrected chi connectivity index (χ4v) is 7.39. The monoisotopic (exact) mass is 626 g/mol. The second-order valence-electron chi connectivity index (χ2n) is 11.3. The Morgan fingerprint density at radius 3 is 2.48 bits per heavy atom. The molecule has 0 N–H and O–H groups in total. The van der Waals surface area contributed by atoms with Crippen molar-refractivity contribution in [2.75, 3.05) is 39.3 Å². The maximum atomic E-state index is 14.1. The van der Waals surface area contributed by atoms with Gasteiger partial charge < -0.3 is 9.80 Å². The predicted molar refractivity (Wildman–Crippen MR) is 157 cm³/mol. The zero-order valence-corrected chi connectivity index (χ0v) is 25.1. The zero-order chi connectivity index (χ0) is 31.1. The maximum Gasteiger partial charge on any atom is 0.416 e. The Hall–Kier alpha value is -3.81. The molecule has 9 nitrogen and oxygen atoms in total. The molecular weight excluding hydrogens is 593 g/mol. The van der Waals surface area contributed by atoms with Crippen molar-refractivity contribution in [3.05, 3.63) is 88.9 Å². The smallest absolute Gasteiger partial charge is 0.338 e. The second kappa shape index (κ2) is 11.9. The van der Waals surface area contributed by atoms with Gasteiger partial charge in [0.1, 0.15) is 11.8 Å². The summed E-state index contributed by atoms with van der Waals surface area (Å²) in [5, 5.41) is 3.91. The van der Waals surface area contributed by atoms with Gasteiger partial charge in [0, 0.05) is 52.0 Å². The van der Waals surface area contributed by atoms with Gasteiger partial charge in [-0.3, -0.25) is 9.69 Å². The molecule has 0 atom stereocenters. The Morgan fingerprint density at radius 2 is 1.73 bits per heavy atom. The van der Waals surface area contributed by atoms with E-state index in [0.29, 0.717) is 42.7 Å². The Balaban J connectivity index is 1.18. The van der Waals surface area contributed by atoms with Crippen LogP contribution in [0.3, 0.4) is 0 Å². The molecule has 0 saturated carbocycles. The number of likely N-dealkylation sites (N-methyl/N-ethyl adjacent to an activating group) is 1. The van der Waals surface area contributed by atoms with Gasteiger partial charge in [-0.1, -0.05) is 25.1 Å². The van der Waals surface area contributed by atoms with Crippen molar-refractivity contribution in [1.82, 2.24) is 29.3 Å². The van der Waals surface area contributed by atoms with Crippen LogP contribution in [-0.4, -0.2) is 82.9 Å². The highest BCUT2D eigenvalue weighted by Gasteiger charge is 2.35. The molecule has 1 amide bonds. The first kappa shape index (κ1) is 30.2. The number of hydrogen-bond acceptors (Lipinski definition) is 7. The van der Waals surface area contributed by atoms with Crippen molar-refractivity contribution in [3.63, 3.8) is 0 Å². The summed E-state index contributed by atoms with van der Waals surface area (Å²) in [6.07, 6.45) is -1.40. The molecule has 232 valence electrons. The predicted octanol–water partition coefficient (Wildman–Crippen LogP) is 3.85. The quantitative estimate of drug-likeness (QED) is 0.308. The van der Waals surface area contributed by atoms with Gasteiger partial charge >= 0.3 is 6.18 Å². The first-order valence-electron chi connectivity index (χ1n) is 14.6. The van der Waals surface area contributed by atoms with E-state index in [1.165, 1.54) is 23.0 Å². The van der Waals surface area contributed by atoms with Crippen LogP contribution in [0, 0.1) is 0 Å². The SMILES string of the molecule is CCN1CCN(Cc2ccc(CC(=O)N3CCc4ccc(S(=O)(=O)c5ncnn6cccc56)cc4C3)cc2C(F)(F)F)CC1. The molecule has 13 heteroatoms. The summed E-state index contributed by atoms with van der Waals surface area (Å²) in [5.41, 5.74) is 1.75. The lowest BCUT2D eigenvalue weighted by molar-refractivity contribution is -0.138. The van der Waals surface area contributed by atoms with E-state index in [1.807, 2.05) is 4.90 Å². The van der Waals surface area contributed by atoms with Gasteiger partial charge in [0.2, 0.25) is 15.7 Å². The van der Waals surface area contributed by atoms with E-state index in [9.17, 15) is 26.4 Å².